The monoisotopic (exact) mass is 401 g/mol. The van der Waals surface area contributed by atoms with Crippen molar-refractivity contribution in [2.75, 3.05) is 26.7 Å². The van der Waals surface area contributed by atoms with Gasteiger partial charge in [0.25, 0.3) is 11.8 Å². The molecule has 2 aliphatic rings. The van der Waals surface area contributed by atoms with E-state index in [2.05, 4.69) is 21.2 Å². The van der Waals surface area contributed by atoms with Crippen LogP contribution < -0.4 is 5.32 Å². The summed E-state index contributed by atoms with van der Waals surface area (Å²) in [4.78, 5) is 39.6. The van der Waals surface area contributed by atoms with Gasteiger partial charge in [-0.15, -0.1) is 12.4 Å². The number of benzene rings is 1. The van der Waals surface area contributed by atoms with Crippen molar-refractivity contribution in [3.63, 3.8) is 0 Å². The predicted molar refractivity (Wildman–Crippen MR) is 90.8 cm³/mol. The first kappa shape index (κ1) is 17.9. The van der Waals surface area contributed by atoms with Crippen LogP contribution in [0.2, 0.25) is 0 Å². The summed E-state index contributed by atoms with van der Waals surface area (Å²) in [6.07, 6.45) is 0.886. The summed E-state index contributed by atoms with van der Waals surface area (Å²) < 4.78 is 0.731. The van der Waals surface area contributed by atoms with Crippen LogP contribution in [0, 0.1) is 0 Å². The maximum absolute atomic E-state index is 12.3. The number of hydrogen-bond donors (Lipinski definition) is 1. The number of likely N-dealkylation sites (N-methyl/N-ethyl adjacent to an activating group) is 1. The normalized spacial score (nSPS) is 19.6. The van der Waals surface area contributed by atoms with Crippen molar-refractivity contribution >= 4 is 46.1 Å². The number of amides is 3. The van der Waals surface area contributed by atoms with Gasteiger partial charge in [0.15, 0.2) is 0 Å². The molecule has 1 aromatic rings. The van der Waals surface area contributed by atoms with Crippen LogP contribution in [-0.4, -0.2) is 60.2 Å². The van der Waals surface area contributed by atoms with Crippen molar-refractivity contribution in [2.24, 2.45) is 0 Å². The molecule has 124 valence electrons. The zero-order valence-electron chi connectivity index (χ0n) is 12.5. The molecule has 2 aliphatic heterocycles. The molecular formula is C15H17BrClN3O3. The van der Waals surface area contributed by atoms with E-state index in [9.17, 15) is 14.4 Å². The van der Waals surface area contributed by atoms with E-state index in [1.807, 2.05) is 0 Å². The second-order valence-electron chi connectivity index (χ2n) is 5.54. The molecule has 0 radical (unpaired) electrons. The average molecular weight is 403 g/mol. The van der Waals surface area contributed by atoms with Crippen LogP contribution in [0.15, 0.2) is 22.7 Å². The molecular weight excluding hydrogens is 386 g/mol. The highest BCUT2D eigenvalue weighted by molar-refractivity contribution is 9.10. The van der Waals surface area contributed by atoms with Gasteiger partial charge in [-0.1, -0.05) is 15.9 Å². The maximum atomic E-state index is 12.3. The molecule has 1 aromatic carbocycles. The van der Waals surface area contributed by atoms with Gasteiger partial charge in [0, 0.05) is 24.1 Å². The predicted octanol–water partition coefficient (Wildman–Crippen LogP) is 1.29. The largest absolute Gasteiger partial charge is 0.340 e. The molecule has 1 saturated heterocycles. The summed E-state index contributed by atoms with van der Waals surface area (Å²) in [5.74, 6) is -1.03. The molecule has 0 saturated carbocycles. The number of halogens is 2. The topological polar surface area (TPSA) is 69.7 Å². The highest BCUT2D eigenvalue weighted by Gasteiger charge is 2.37. The van der Waals surface area contributed by atoms with Crippen LogP contribution in [0.4, 0.5) is 0 Å². The number of hydrogen-bond acceptors (Lipinski definition) is 4. The first-order valence-corrected chi connectivity index (χ1v) is 7.90. The number of nitrogens with zero attached hydrogens (tertiary/aromatic N) is 2. The maximum Gasteiger partial charge on any atom is 0.262 e. The summed E-state index contributed by atoms with van der Waals surface area (Å²) in [7, 11) is 1.72. The van der Waals surface area contributed by atoms with Crippen LogP contribution in [0.25, 0.3) is 0 Å². The summed E-state index contributed by atoms with van der Waals surface area (Å²) >= 11 is 3.29. The Morgan fingerprint density at radius 3 is 2.70 bits per heavy atom. The fourth-order valence-electron chi connectivity index (χ4n) is 2.83. The lowest BCUT2D eigenvalue weighted by Gasteiger charge is -2.25. The minimum absolute atomic E-state index is 0. The van der Waals surface area contributed by atoms with E-state index in [1.165, 1.54) is 0 Å². The summed E-state index contributed by atoms with van der Waals surface area (Å²) in [5.41, 5.74) is 0.698. The minimum atomic E-state index is -0.410. The second kappa shape index (κ2) is 6.98. The lowest BCUT2D eigenvalue weighted by Crippen LogP contribution is -2.45. The van der Waals surface area contributed by atoms with Crippen molar-refractivity contribution in [1.82, 2.24) is 15.1 Å². The summed E-state index contributed by atoms with van der Waals surface area (Å²) in [6, 6.07) is 5.06. The van der Waals surface area contributed by atoms with E-state index < -0.39 is 11.8 Å². The van der Waals surface area contributed by atoms with Crippen LogP contribution in [0.5, 0.6) is 0 Å². The van der Waals surface area contributed by atoms with E-state index in [0.29, 0.717) is 11.1 Å². The Labute approximate surface area is 148 Å². The molecule has 3 amide bonds. The Balaban J connectivity index is 0.00000192. The third kappa shape index (κ3) is 3.27. The first-order chi connectivity index (χ1) is 10.5. The Morgan fingerprint density at radius 1 is 1.35 bits per heavy atom. The summed E-state index contributed by atoms with van der Waals surface area (Å²) in [5, 5.41) is 3.19. The van der Waals surface area contributed by atoms with E-state index >= 15 is 0 Å². The van der Waals surface area contributed by atoms with Gasteiger partial charge < -0.3 is 10.2 Å². The van der Waals surface area contributed by atoms with Gasteiger partial charge in [0.2, 0.25) is 5.91 Å². The SMILES string of the molecule is CN(C(=O)CN1C(=O)c2ccc(Br)cc2C1=O)C1CCNC1.Cl. The highest BCUT2D eigenvalue weighted by atomic mass is 79.9. The molecule has 23 heavy (non-hydrogen) atoms. The quantitative estimate of drug-likeness (QED) is 0.774. The number of rotatable bonds is 3. The van der Waals surface area contributed by atoms with Crippen molar-refractivity contribution in [3.8, 4) is 0 Å². The molecule has 2 heterocycles. The molecule has 0 aromatic heterocycles. The number of fused-ring (bicyclic) bond motifs is 1. The fraction of sp³-hybridized carbons (Fsp3) is 0.400. The van der Waals surface area contributed by atoms with Gasteiger partial charge in [-0.25, -0.2) is 0 Å². The lowest BCUT2D eigenvalue weighted by molar-refractivity contribution is -0.131. The average Bonchev–Trinajstić information content (AvgIpc) is 3.10. The Morgan fingerprint density at radius 2 is 2.04 bits per heavy atom. The molecule has 6 nitrogen and oxygen atoms in total. The third-order valence-electron chi connectivity index (χ3n) is 4.20. The van der Waals surface area contributed by atoms with Gasteiger partial charge in [-0.05, 0) is 31.2 Å². The van der Waals surface area contributed by atoms with E-state index in [4.69, 9.17) is 0 Å². The van der Waals surface area contributed by atoms with Crippen molar-refractivity contribution in [3.05, 3.63) is 33.8 Å². The van der Waals surface area contributed by atoms with Crippen molar-refractivity contribution < 1.29 is 14.4 Å². The number of carbonyl (C=O) groups excluding carboxylic acids is 3. The number of carbonyl (C=O) groups is 3. The Kier molecular flexibility index (Phi) is 5.44. The third-order valence-corrected chi connectivity index (χ3v) is 4.69. The zero-order valence-corrected chi connectivity index (χ0v) is 14.9. The van der Waals surface area contributed by atoms with Crippen LogP contribution in [-0.2, 0) is 4.79 Å². The number of nitrogens with one attached hydrogen (secondary N) is 1. The molecule has 1 unspecified atom stereocenters. The molecule has 1 atom stereocenters. The minimum Gasteiger partial charge on any atom is -0.340 e. The van der Waals surface area contributed by atoms with Gasteiger partial charge in [-0.3, -0.25) is 19.3 Å². The Hall–Kier alpha value is -1.44. The second-order valence-corrected chi connectivity index (χ2v) is 6.45. The zero-order chi connectivity index (χ0) is 15.9. The molecule has 8 heteroatoms. The van der Waals surface area contributed by atoms with Crippen molar-refractivity contribution in [1.29, 1.82) is 0 Å². The summed E-state index contributed by atoms with van der Waals surface area (Å²) in [6.45, 7) is 1.41. The van der Waals surface area contributed by atoms with Crippen LogP contribution in [0.1, 0.15) is 27.1 Å². The molecule has 0 spiro atoms. The molecule has 1 N–H and O–H groups in total. The van der Waals surface area contributed by atoms with Gasteiger partial charge in [0.1, 0.15) is 6.54 Å². The van der Waals surface area contributed by atoms with Gasteiger partial charge in [-0.2, -0.15) is 0 Å². The lowest BCUT2D eigenvalue weighted by atomic mass is 10.1. The fourth-order valence-corrected chi connectivity index (χ4v) is 3.19. The highest BCUT2D eigenvalue weighted by Crippen LogP contribution is 2.26. The van der Waals surface area contributed by atoms with Crippen LogP contribution in [0.3, 0.4) is 0 Å². The van der Waals surface area contributed by atoms with E-state index in [1.54, 1.807) is 30.1 Å². The van der Waals surface area contributed by atoms with Crippen molar-refractivity contribution in [2.45, 2.75) is 12.5 Å². The van der Waals surface area contributed by atoms with Gasteiger partial charge in [0.05, 0.1) is 11.1 Å². The standard InChI is InChI=1S/C15H16BrN3O3.ClH/c1-18(10-4-5-17-7-10)13(20)8-19-14(21)11-3-2-9(16)6-12(11)15(19)22;/h2-3,6,10,17H,4-5,7-8H2,1H3;1H. The van der Waals surface area contributed by atoms with Crippen LogP contribution >= 0.6 is 28.3 Å². The van der Waals surface area contributed by atoms with E-state index in [0.717, 1.165) is 28.9 Å². The molecule has 0 bridgehead atoms. The molecule has 0 aliphatic carbocycles. The first-order valence-electron chi connectivity index (χ1n) is 7.11. The smallest absolute Gasteiger partial charge is 0.262 e. The molecule has 1 fully saturated rings. The molecule has 3 rings (SSSR count). The van der Waals surface area contributed by atoms with E-state index in [-0.39, 0.29) is 30.9 Å². The Bertz CT molecular complexity index is 661. The van der Waals surface area contributed by atoms with Gasteiger partial charge >= 0.3 is 0 Å². The number of imide groups is 1.